The maximum Gasteiger partial charge on any atom is 0.244 e. The van der Waals surface area contributed by atoms with Gasteiger partial charge in [-0.05, 0) is 39.8 Å². The van der Waals surface area contributed by atoms with Crippen molar-refractivity contribution in [3.63, 3.8) is 0 Å². The second-order valence-corrected chi connectivity index (χ2v) is 6.63. The molecule has 0 aromatic carbocycles. The summed E-state index contributed by atoms with van der Waals surface area (Å²) in [6, 6.07) is 4.04. The molecule has 0 spiro atoms. The summed E-state index contributed by atoms with van der Waals surface area (Å²) < 4.78 is 29.2. The number of rotatable bonds is 5. The smallest absolute Gasteiger partial charge is 0.244 e. The molecule has 0 bridgehead atoms. The Morgan fingerprint density at radius 3 is 2.30 bits per heavy atom. The first kappa shape index (κ1) is 14.8. The zero-order valence-electron chi connectivity index (χ0n) is 12.2. The molecule has 0 aliphatic rings. The molecule has 0 aliphatic heterocycles. The van der Waals surface area contributed by atoms with E-state index in [2.05, 4.69) is 19.5 Å². The van der Waals surface area contributed by atoms with Gasteiger partial charge in [-0.3, -0.25) is 5.10 Å². The van der Waals surface area contributed by atoms with Crippen molar-refractivity contribution in [3.8, 4) is 0 Å². The Bertz CT molecular complexity index is 674. The zero-order valence-corrected chi connectivity index (χ0v) is 13.0. The molecule has 2 N–H and O–H groups in total. The molecule has 2 rings (SSSR count). The summed E-state index contributed by atoms with van der Waals surface area (Å²) in [5.74, 6) is 0. The average molecular weight is 296 g/mol. The highest BCUT2D eigenvalue weighted by atomic mass is 32.2. The van der Waals surface area contributed by atoms with Gasteiger partial charge in [-0.25, -0.2) is 13.1 Å². The molecular formula is C13H20N4O2S. The van der Waals surface area contributed by atoms with E-state index >= 15 is 0 Å². The van der Waals surface area contributed by atoms with E-state index < -0.39 is 10.0 Å². The van der Waals surface area contributed by atoms with Crippen molar-refractivity contribution < 1.29 is 8.42 Å². The molecule has 20 heavy (non-hydrogen) atoms. The van der Waals surface area contributed by atoms with Crippen molar-refractivity contribution >= 4 is 10.0 Å². The number of hydrogen-bond donors (Lipinski definition) is 2. The van der Waals surface area contributed by atoms with Gasteiger partial charge in [-0.15, -0.1) is 0 Å². The monoisotopic (exact) mass is 296 g/mol. The number of aromatic amines is 1. The lowest BCUT2D eigenvalue weighted by molar-refractivity contribution is 0.568. The molecule has 0 unspecified atom stereocenters. The van der Waals surface area contributed by atoms with Crippen molar-refractivity contribution in [3.05, 3.63) is 34.9 Å². The Kier molecular flexibility index (Phi) is 4.01. The highest BCUT2D eigenvalue weighted by molar-refractivity contribution is 7.89. The molecule has 2 heterocycles. The number of aryl methyl sites for hydroxylation is 4. The molecule has 0 fully saturated rings. The van der Waals surface area contributed by atoms with Gasteiger partial charge in [0.1, 0.15) is 4.90 Å². The summed E-state index contributed by atoms with van der Waals surface area (Å²) >= 11 is 0. The van der Waals surface area contributed by atoms with E-state index in [1.54, 1.807) is 13.8 Å². The van der Waals surface area contributed by atoms with Crippen LogP contribution < -0.4 is 4.72 Å². The van der Waals surface area contributed by atoms with Crippen molar-refractivity contribution in [2.75, 3.05) is 6.54 Å². The van der Waals surface area contributed by atoms with Crippen LogP contribution in [0.25, 0.3) is 0 Å². The van der Waals surface area contributed by atoms with Crippen LogP contribution in [0.4, 0.5) is 0 Å². The van der Waals surface area contributed by atoms with Crippen LogP contribution in [0.2, 0.25) is 0 Å². The van der Waals surface area contributed by atoms with Crippen LogP contribution in [0, 0.1) is 27.7 Å². The summed E-state index contributed by atoms with van der Waals surface area (Å²) in [6.45, 7) is 8.35. The second-order valence-electron chi connectivity index (χ2n) is 4.93. The Balaban J connectivity index is 2.08. The average Bonchev–Trinajstić information content (AvgIpc) is 2.85. The van der Waals surface area contributed by atoms with Crippen molar-refractivity contribution in [2.24, 2.45) is 0 Å². The van der Waals surface area contributed by atoms with E-state index in [-0.39, 0.29) is 4.90 Å². The number of sulfonamides is 1. The summed E-state index contributed by atoms with van der Waals surface area (Å²) in [4.78, 5) is 0.249. The number of hydrogen-bond acceptors (Lipinski definition) is 3. The van der Waals surface area contributed by atoms with Gasteiger partial charge in [-0.2, -0.15) is 5.10 Å². The lowest BCUT2D eigenvalue weighted by Gasteiger charge is -2.11. The Morgan fingerprint density at radius 1 is 1.20 bits per heavy atom. The van der Waals surface area contributed by atoms with Crippen LogP contribution in [-0.4, -0.2) is 29.7 Å². The van der Waals surface area contributed by atoms with E-state index in [4.69, 9.17) is 0 Å². The summed E-state index contributed by atoms with van der Waals surface area (Å²) in [6.07, 6.45) is 0. The van der Waals surface area contributed by atoms with Crippen LogP contribution in [0.15, 0.2) is 17.0 Å². The first-order valence-electron chi connectivity index (χ1n) is 6.47. The van der Waals surface area contributed by atoms with Crippen LogP contribution in [0.1, 0.15) is 22.8 Å². The molecule has 0 saturated heterocycles. The molecule has 2 aromatic heterocycles. The topological polar surface area (TPSA) is 79.8 Å². The normalized spacial score (nSPS) is 12.0. The lowest BCUT2D eigenvalue weighted by Crippen LogP contribution is -2.28. The summed E-state index contributed by atoms with van der Waals surface area (Å²) in [5.41, 5.74) is 3.29. The third kappa shape index (κ3) is 2.78. The van der Waals surface area contributed by atoms with Crippen molar-refractivity contribution in [1.82, 2.24) is 19.5 Å². The minimum Gasteiger partial charge on any atom is -0.348 e. The third-order valence-electron chi connectivity index (χ3n) is 3.37. The van der Waals surface area contributed by atoms with Gasteiger partial charge in [0.25, 0.3) is 0 Å². The minimum atomic E-state index is -3.51. The molecule has 7 heteroatoms. The van der Waals surface area contributed by atoms with E-state index in [1.165, 1.54) is 0 Å². The maximum atomic E-state index is 12.3. The SMILES string of the molecule is Cc1n[nH]c(C)c1S(=O)(=O)NCCn1c(C)ccc1C. The Morgan fingerprint density at radius 2 is 1.80 bits per heavy atom. The van der Waals surface area contributed by atoms with Gasteiger partial charge in [0.15, 0.2) is 0 Å². The second kappa shape index (κ2) is 5.41. The molecule has 0 amide bonds. The summed E-state index contributed by atoms with van der Waals surface area (Å²) in [5, 5.41) is 6.61. The van der Waals surface area contributed by atoms with Gasteiger partial charge in [0.05, 0.1) is 11.4 Å². The van der Waals surface area contributed by atoms with Gasteiger partial charge in [0, 0.05) is 24.5 Å². The van der Waals surface area contributed by atoms with E-state index in [0.717, 1.165) is 11.4 Å². The van der Waals surface area contributed by atoms with Gasteiger partial charge >= 0.3 is 0 Å². The number of H-pyrrole nitrogens is 1. The highest BCUT2D eigenvalue weighted by Crippen LogP contribution is 2.16. The largest absolute Gasteiger partial charge is 0.348 e. The molecule has 0 atom stereocenters. The standard InChI is InChI=1S/C13H20N4O2S/c1-9-5-6-10(2)17(9)8-7-14-20(18,19)13-11(3)15-16-12(13)4/h5-6,14H,7-8H2,1-4H3,(H,15,16). The highest BCUT2D eigenvalue weighted by Gasteiger charge is 2.21. The van der Waals surface area contributed by atoms with E-state index in [0.29, 0.717) is 24.5 Å². The predicted octanol–water partition coefficient (Wildman–Crippen LogP) is 1.42. The maximum absolute atomic E-state index is 12.3. The molecule has 110 valence electrons. The van der Waals surface area contributed by atoms with Gasteiger partial charge in [-0.1, -0.05) is 0 Å². The van der Waals surface area contributed by atoms with E-state index in [1.807, 2.05) is 26.0 Å². The number of nitrogens with one attached hydrogen (secondary N) is 2. The fourth-order valence-corrected chi connectivity index (χ4v) is 3.74. The molecule has 0 radical (unpaired) electrons. The first-order valence-corrected chi connectivity index (χ1v) is 7.95. The van der Waals surface area contributed by atoms with E-state index in [9.17, 15) is 8.42 Å². The van der Waals surface area contributed by atoms with Crippen LogP contribution in [0.3, 0.4) is 0 Å². The van der Waals surface area contributed by atoms with Crippen molar-refractivity contribution in [2.45, 2.75) is 39.1 Å². The number of nitrogens with zero attached hydrogens (tertiary/aromatic N) is 2. The molecule has 0 saturated carbocycles. The molecule has 0 aliphatic carbocycles. The van der Waals surface area contributed by atoms with Crippen molar-refractivity contribution in [1.29, 1.82) is 0 Å². The molecule has 6 nitrogen and oxygen atoms in total. The lowest BCUT2D eigenvalue weighted by atomic mass is 10.4. The summed E-state index contributed by atoms with van der Waals surface area (Å²) in [7, 11) is -3.51. The predicted molar refractivity (Wildman–Crippen MR) is 77.2 cm³/mol. The van der Waals surface area contributed by atoms with Gasteiger partial charge in [0.2, 0.25) is 10.0 Å². The van der Waals surface area contributed by atoms with Crippen LogP contribution >= 0.6 is 0 Å². The fraction of sp³-hybridized carbons (Fsp3) is 0.462. The first-order chi connectivity index (χ1) is 9.33. The molecule has 2 aromatic rings. The Hall–Kier alpha value is -1.60. The van der Waals surface area contributed by atoms with Crippen LogP contribution in [0.5, 0.6) is 0 Å². The quantitative estimate of drug-likeness (QED) is 0.876. The van der Waals surface area contributed by atoms with Gasteiger partial charge < -0.3 is 4.57 Å². The van der Waals surface area contributed by atoms with Crippen LogP contribution in [-0.2, 0) is 16.6 Å². The molecular weight excluding hydrogens is 276 g/mol. The Labute approximate surface area is 119 Å². The fourth-order valence-electron chi connectivity index (χ4n) is 2.35. The zero-order chi connectivity index (χ0) is 14.9. The minimum absolute atomic E-state index is 0.249. The third-order valence-corrected chi connectivity index (χ3v) is 5.10. The number of aromatic nitrogens is 3.